The molecule has 1 atom stereocenters. The number of hydrogen-bond acceptors (Lipinski definition) is 2. The summed E-state index contributed by atoms with van der Waals surface area (Å²) in [7, 11) is 0. The normalized spacial score (nSPS) is 12.8. The summed E-state index contributed by atoms with van der Waals surface area (Å²) < 4.78 is 2.08. The van der Waals surface area contributed by atoms with Gasteiger partial charge in [0, 0.05) is 11.7 Å². The van der Waals surface area contributed by atoms with Gasteiger partial charge in [0.2, 0.25) is 0 Å². The number of aromatic nitrogens is 2. The largest absolute Gasteiger partial charge is 0.328 e. The maximum atomic E-state index is 5.95. The second-order valence-electron chi connectivity index (χ2n) is 5.99. The molecule has 2 aromatic rings. The number of rotatable bonds is 3. The van der Waals surface area contributed by atoms with Crippen LogP contribution in [0.3, 0.4) is 0 Å². The standard InChI is InChI=1S/C17H25N3/c1-10-7-11(2)17(12(3)8-10)20-15(6)16(9-13(4)18)14(5)19-20/h7-8,13H,9,18H2,1-6H3. The minimum absolute atomic E-state index is 0.158. The highest BCUT2D eigenvalue weighted by atomic mass is 15.3. The van der Waals surface area contributed by atoms with Crippen LogP contribution in [0.25, 0.3) is 5.69 Å². The fraction of sp³-hybridized carbons (Fsp3) is 0.471. The van der Waals surface area contributed by atoms with Gasteiger partial charge < -0.3 is 5.73 Å². The van der Waals surface area contributed by atoms with Crippen LogP contribution in [0.5, 0.6) is 0 Å². The Morgan fingerprint density at radius 1 is 1.10 bits per heavy atom. The second kappa shape index (κ2) is 5.41. The molecule has 1 heterocycles. The number of nitrogens with zero attached hydrogens (tertiary/aromatic N) is 2. The average Bonchev–Trinajstić information content (AvgIpc) is 2.55. The summed E-state index contributed by atoms with van der Waals surface area (Å²) in [6.45, 7) is 12.7. The van der Waals surface area contributed by atoms with Gasteiger partial charge in [-0.3, -0.25) is 0 Å². The summed E-state index contributed by atoms with van der Waals surface area (Å²) in [5, 5.41) is 4.75. The molecule has 0 aliphatic rings. The molecule has 0 bridgehead atoms. The van der Waals surface area contributed by atoms with Crippen molar-refractivity contribution in [1.82, 2.24) is 9.78 Å². The van der Waals surface area contributed by atoms with Gasteiger partial charge in [0.25, 0.3) is 0 Å². The predicted octanol–water partition coefficient (Wildman–Crippen LogP) is 3.30. The van der Waals surface area contributed by atoms with Gasteiger partial charge in [0.15, 0.2) is 0 Å². The molecule has 0 aliphatic carbocycles. The zero-order valence-corrected chi connectivity index (χ0v) is 13.4. The van der Waals surface area contributed by atoms with Gasteiger partial charge in [-0.15, -0.1) is 0 Å². The number of nitrogens with two attached hydrogens (primary N) is 1. The minimum Gasteiger partial charge on any atom is -0.328 e. The lowest BCUT2D eigenvalue weighted by atomic mass is 10.0. The van der Waals surface area contributed by atoms with Crippen LogP contribution in [0.4, 0.5) is 0 Å². The van der Waals surface area contributed by atoms with E-state index in [0.717, 1.165) is 12.1 Å². The predicted molar refractivity (Wildman–Crippen MR) is 84.6 cm³/mol. The summed E-state index contributed by atoms with van der Waals surface area (Å²) in [5.74, 6) is 0. The third-order valence-corrected chi connectivity index (χ3v) is 3.81. The lowest BCUT2D eigenvalue weighted by Gasteiger charge is -2.13. The maximum Gasteiger partial charge on any atom is 0.0707 e. The molecule has 2 rings (SSSR count). The molecule has 0 spiro atoms. The molecule has 3 nitrogen and oxygen atoms in total. The van der Waals surface area contributed by atoms with E-state index in [1.165, 1.54) is 33.6 Å². The van der Waals surface area contributed by atoms with Crippen molar-refractivity contribution in [2.75, 3.05) is 0 Å². The van der Waals surface area contributed by atoms with Crippen molar-refractivity contribution in [3.8, 4) is 5.69 Å². The summed E-state index contributed by atoms with van der Waals surface area (Å²) in [6, 6.07) is 4.58. The van der Waals surface area contributed by atoms with E-state index in [2.05, 4.69) is 51.4 Å². The molecule has 0 radical (unpaired) electrons. The molecular weight excluding hydrogens is 246 g/mol. The van der Waals surface area contributed by atoms with Crippen molar-refractivity contribution in [1.29, 1.82) is 0 Å². The van der Waals surface area contributed by atoms with Gasteiger partial charge in [-0.05, 0) is 64.7 Å². The molecule has 3 heteroatoms. The van der Waals surface area contributed by atoms with Gasteiger partial charge in [-0.25, -0.2) is 4.68 Å². The van der Waals surface area contributed by atoms with E-state index in [-0.39, 0.29) is 6.04 Å². The Bertz CT molecular complexity index is 613. The van der Waals surface area contributed by atoms with E-state index >= 15 is 0 Å². The zero-order valence-electron chi connectivity index (χ0n) is 13.4. The van der Waals surface area contributed by atoms with Gasteiger partial charge >= 0.3 is 0 Å². The Balaban J connectivity index is 2.60. The van der Waals surface area contributed by atoms with Gasteiger partial charge in [-0.2, -0.15) is 5.10 Å². The van der Waals surface area contributed by atoms with Crippen LogP contribution >= 0.6 is 0 Å². The molecule has 0 fully saturated rings. The molecule has 2 N–H and O–H groups in total. The third-order valence-electron chi connectivity index (χ3n) is 3.81. The molecular formula is C17H25N3. The van der Waals surface area contributed by atoms with Crippen molar-refractivity contribution in [3.63, 3.8) is 0 Å². The molecule has 0 aliphatic heterocycles. The summed E-state index contributed by atoms with van der Waals surface area (Å²) in [6.07, 6.45) is 0.877. The van der Waals surface area contributed by atoms with Crippen molar-refractivity contribution >= 4 is 0 Å². The first-order valence-electron chi connectivity index (χ1n) is 7.20. The quantitative estimate of drug-likeness (QED) is 0.930. The topological polar surface area (TPSA) is 43.8 Å². The Hall–Kier alpha value is -1.61. The Morgan fingerprint density at radius 3 is 2.15 bits per heavy atom. The Kier molecular flexibility index (Phi) is 4.00. The first kappa shape index (κ1) is 14.8. The van der Waals surface area contributed by atoms with Crippen LogP contribution in [0.2, 0.25) is 0 Å². The van der Waals surface area contributed by atoms with E-state index < -0.39 is 0 Å². The van der Waals surface area contributed by atoms with E-state index in [1.54, 1.807) is 0 Å². The van der Waals surface area contributed by atoms with Gasteiger partial charge in [0.1, 0.15) is 0 Å². The van der Waals surface area contributed by atoms with Crippen molar-refractivity contribution in [3.05, 3.63) is 45.8 Å². The minimum atomic E-state index is 0.158. The third kappa shape index (κ3) is 2.63. The first-order valence-corrected chi connectivity index (χ1v) is 7.20. The molecule has 1 aromatic carbocycles. The Labute approximate surface area is 121 Å². The molecule has 20 heavy (non-hydrogen) atoms. The highest BCUT2D eigenvalue weighted by molar-refractivity contribution is 5.50. The molecule has 108 valence electrons. The van der Waals surface area contributed by atoms with E-state index in [4.69, 9.17) is 10.8 Å². The lowest BCUT2D eigenvalue weighted by molar-refractivity contribution is 0.730. The number of hydrogen-bond donors (Lipinski definition) is 1. The van der Waals surface area contributed by atoms with Crippen LogP contribution in [0, 0.1) is 34.6 Å². The second-order valence-corrected chi connectivity index (χ2v) is 5.99. The van der Waals surface area contributed by atoms with E-state index in [0.29, 0.717) is 0 Å². The molecule has 1 aromatic heterocycles. The van der Waals surface area contributed by atoms with Crippen LogP contribution in [-0.4, -0.2) is 15.8 Å². The van der Waals surface area contributed by atoms with E-state index in [9.17, 15) is 0 Å². The Morgan fingerprint density at radius 2 is 1.65 bits per heavy atom. The highest BCUT2D eigenvalue weighted by Gasteiger charge is 2.16. The molecule has 0 amide bonds. The smallest absolute Gasteiger partial charge is 0.0707 e. The fourth-order valence-electron chi connectivity index (χ4n) is 3.02. The average molecular weight is 271 g/mol. The molecule has 0 saturated carbocycles. The molecule has 0 saturated heterocycles. The number of aryl methyl sites for hydroxylation is 4. The van der Waals surface area contributed by atoms with Crippen LogP contribution in [0.15, 0.2) is 12.1 Å². The SMILES string of the molecule is Cc1cc(C)c(-n2nc(C)c(CC(C)N)c2C)c(C)c1. The highest BCUT2D eigenvalue weighted by Crippen LogP contribution is 2.25. The maximum absolute atomic E-state index is 5.95. The first-order chi connectivity index (χ1) is 9.31. The molecule has 1 unspecified atom stereocenters. The summed E-state index contributed by atoms with van der Waals surface area (Å²) in [4.78, 5) is 0. The lowest BCUT2D eigenvalue weighted by Crippen LogP contribution is -2.18. The van der Waals surface area contributed by atoms with Crippen molar-refractivity contribution in [2.24, 2.45) is 5.73 Å². The number of benzene rings is 1. The monoisotopic (exact) mass is 271 g/mol. The van der Waals surface area contributed by atoms with Gasteiger partial charge in [-0.1, -0.05) is 17.7 Å². The zero-order chi connectivity index (χ0) is 15.0. The fourth-order valence-corrected chi connectivity index (χ4v) is 3.02. The van der Waals surface area contributed by atoms with Gasteiger partial charge in [0.05, 0.1) is 11.4 Å². The van der Waals surface area contributed by atoms with Crippen molar-refractivity contribution < 1.29 is 0 Å². The summed E-state index contributed by atoms with van der Waals surface area (Å²) >= 11 is 0. The van der Waals surface area contributed by atoms with Crippen LogP contribution in [0.1, 0.15) is 40.6 Å². The summed E-state index contributed by atoms with van der Waals surface area (Å²) in [5.41, 5.74) is 14.5. The van der Waals surface area contributed by atoms with Crippen LogP contribution < -0.4 is 5.73 Å². The van der Waals surface area contributed by atoms with E-state index in [1.807, 2.05) is 6.92 Å². The van der Waals surface area contributed by atoms with Crippen molar-refractivity contribution in [2.45, 2.75) is 54.0 Å². The van der Waals surface area contributed by atoms with Crippen LogP contribution in [-0.2, 0) is 6.42 Å².